The number of fused-ring (bicyclic) bond motifs is 8. The fraction of sp³-hybridized carbons (Fsp3) is 0.202. The van der Waals surface area contributed by atoms with Crippen LogP contribution in [-0.4, -0.2) is 83.5 Å². The summed E-state index contributed by atoms with van der Waals surface area (Å²) < 4.78 is 6.14. The topological polar surface area (TPSA) is 186 Å². The maximum absolute atomic E-state index is 11.3. The molecule has 1 atom stereocenters. The van der Waals surface area contributed by atoms with Gasteiger partial charge in [0.1, 0.15) is 23.0 Å². The standard InChI is InChI=1S/C40H41N3O2S.C28H21N3OS.C26H21N3OS/c1-3-5-12-26(4-2)25-45-28-20-22-34(37(44)23-28)38-41-39(43-40(42-38)46-29-14-7-8-15-29)36-24-35-30-16-9-6-13-27(30)19-21-33(35)31-17-10-11-18-32(31)36;1-2-16-33-28-30-26(29-27(31-28)22-8-3-4-9-23(22)32)21-15-13-19-11-10-17-6-5-7-18-12-14-20(21)25(19)24(17)18;1-2-15-31-26-28-24(21-13-7-8-14-23(21)30)27-25(29-26)22-16-17-9-3-4-10-18(17)19-11-5-6-12-20(19)22/h6,9-11,13,16-24,26,29,44H,3-5,7-8,12,14-15,25H2,1-2H3;3-15,32H,2,16H2,1H3;3-14,16,30H,2,15H2,1H3. The van der Waals surface area contributed by atoms with E-state index in [1.807, 2.05) is 48.5 Å². The van der Waals surface area contributed by atoms with Gasteiger partial charge in [-0.25, -0.2) is 44.9 Å². The summed E-state index contributed by atoms with van der Waals surface area (Å²) >= 11 is 4.96. The van der Waals surface area contributed by atoms with Crippen molar-refractivity contribution in [2.75, 3.05) is 18.1 Å². The molecule has 14 aromatic carbocycles. The molecular weight excluding hydrogens is 1420 g/mol. The van der Waals surface area contributed by atoms with E-state index in [1.165, 1.54) is 103 Å². The highest BCUT2D eigenvalue weighted by Gasteiger charge is 2.25. The van der Waals surface area contributed by atoms with Gasteiger partial charge in [-0.3, -0.25) is 0 Å². The van der Waals surface area contributed by atoms with Crippen LogP contribution in [0.15, 0.2) is 258 Å². The second-order valence-corrected chi connectivity index (χ2v) is 31.4. The minimum absolute atomic E-state index is 0.113. The first-order valence-corrected chi connectivity index (χ1v) is 41.1. The van der Waals surface area contributed by atoms with E-state index in [-0.39, 0.29) is 17.2 Å². The van der Waals surface area contributed by atoms with Crippen LogP contribution in [0.3, 0.4) is 0 Å². The third-order valence-electron chi connectivity index (χ3n) is 20.6. The Kier molecular flexibility index (Phi) is 22.0. The molecule has 3 aromatic heterocycles. The van der Waals surface area contributed by atoms with E-state index < -0.39 is 0 Å². The number of thioether (sulfide) groups is 3. The van der Waals surface area contributed by atoms with Gasteiger partial charge in [-0.05, 0) is 179 Å². The number of para-hydroxylation sites is 2. The van der Waals surface area contributed by atoms with Gasteiger partial charge in [-0.1, -0.05) is 277 Å². The number of hydrogen-bond donors (Lipinski definition) is 3. The number of aromatic hydroxyl groups is 3. The summed E-state index contributed by atoms with van der Waals surface area (Å²) in [6, 6.07) is 81.8. The zero-order valence-corrected chi connectivity index (χ0v) is 64.4. The van der Waals surface area contributed by atoms with Gasteiger partial charge < -0.3 is 20.1 Å². The first-order valence-electron chi connectivity index (χ1n) is 38.2. The molecule has 16 heteroatoms. The van der Waals surface area contributed by atoms with Crippen LogP contribution in [0.2, 0.25) is 0 Å². The van der Waals surface area contributed by atoms with Crippen LogP contribution in [0.25, 0.3) is 155 Å². The van der Waals surface area contributed by atoms with Gasteiger partial charge in [-0.15, -0.1) is 0 Å². The van der Waals surface area contributed by atoms with Gasteiger partial charge in [0.05, 0.1) is 23.3 Å². The molecule has 0 amide bonds. The average Bonchev–Trinajstić information content (AvgIpc) is 0.754. The maximum Gasteiger partial charge on any atom is 0.191 e. The van der Waals surface area contributed by atoms with E-state index in [2.05, 4.69) is 201 Å². The third kappa shape index (κ3) is 15.4. The number of aromatic nitrogens is 9. The van der Waals surface area contributed by atoms with Crippen LogP contribution in [0.1, 0.15) is 91.9 Å². The van der Waals surface area contributed by atoms with Gasteiger partial charge in [0.15, 0.2) is 50.4 Å². The monoisotopic (exact) mass is 1500 g/mol. The molecule has 17 aromatic rings. The van der Waals surface area contributed by atoms with Crippen LogP contribution in [0.5, 0.6) is 23.0 Å². The number of ether oxygens (including phenoxy) is 1. The molecule has 0 saturated heterocycles. The van der Waals surface area contributed by atoms with Crippen molar-refractivity contribution in [3.8, 4) is 91.3 Å². The molecule has 0 aliphatic heterocycles. The lowest BCUT2D eigenvalue weighted by molar-refractivity contribution is 0.232. The highest BCUT2D eigenvalue weighted by atomic mass is 32.2. The van der Waals surface area contributed by atoms with E-state index in [9.17, 15) is 15.3 Å². The van der Waals surface area contributed by atoms with Crippen molar-refractivity contribution in [2.24, 2.45) is 5.92 Å². The first kappa shape index (κ1) is 72.9. The second-order valence-electron chi connectivity index (χ2n) is 28.0. The molecule has 1 saturated carbocycles. The number of rotatable bonds is 21. The Morgan fingerprint density at radius 2 is 0.782 bits per heavy atom. The van der Waals surface area contributed by atoms with Gasteiger partial charge in [0.25, 0.3) is 0 Å². The fourth-order valence-electron chi connectivity index (χ4n) is 15.0. The minimum atomic E-state index is 0.113. The first-order chi connectivity index (χ1) is 54.1. The molecule has 1 aliphatic carbocycles. The number of phenols is 3. The van der Waals surface area contributed by atoms with E-state index in [1.54, 1.807) is 65.6 Å². The molecule has 3 heterocycles. The zero-order chi connectivity index (χ0) is 75.0. The van der Waals surface area contributed by atoms with E-state index in [4.69, 9.17) is 39.6 Å². The highest BCUT2D eigenvalue weighted by Crippen LogP contribution is 2.44. The molecule has 546 valence electrons. The average molecular weight is 1500 g/mol. The van der Waals surface area contributed by atoms with Crippen LogP contribution < -0.4 is 4.74 Å². The lowest BCUT2D eigenvalue weighted by atomic mass is 9.92. The summed E-state index contributed by atoms with van der Waals surface area (Å²) in [6.45, 7) is 9.36. The van der Waals surface area contributed by atoms with Crippen LogP contribution >= 0.6 is 35.3 Å². The molecular formula is C94H83N9O4S3. The van der Waals surface area contributed by atoms with Crippen molar-refractivity contribution in [1.29, 1.82) is 0 Å². The Morgan fingerprint density at radius 3 is 1.36 bits per heavy atom. The van der Waals surface area contributed by atoms with Crippen molar-refractivity contribution in [3.05, 3.63) is 243 Å². The predicted molar refractivity (Wildman–Crippen MR) is 457 cm³/mol. The Bertz CT molecular complexity index is 6200. The summed E-state index contributed by atoms with van der Waals surface area (Å²) in [5.41, 5.74) is 4.70. The van der Waals surface area contributed by atoms with Crippen molar-refractivity contribution in [3.63, 3.8) is 0 Å². The summed E-state index contributed by atoms with van der Waals surface area (Å²) in [6.07, 6.45) is 11.5. The van der Waals surface area contributed by atoms with Crippen molar-refractivity contribution in [2.45, 2.75) is 113 Å². The smallest absolute Gasteiger partial charge is 0.191 e. The SMILES string of the molecule is CCCCC(CC)COc1ccc(-c2nc(SC3CCCC3)nc(-c3cc4c5ccccc5ccc4c4ccccc34)n2)c(O)c1.CCCSc1nc(-c2ccccc2O)nc(-c2cc3ccccc3c3ccccc23)n1.CCCSc1nc(-c2ccccc2O)nc(-c2ccc3ccc4cccc5ccc2c3c45)n1. The summed E-state index contributed by atoms with van der Waals surface area (Å²) in [5, 5.41) is 53.6. The van der Waals surface area contributed by atoms with Gasteiger partial charge in [0, 0.05) is 39.5 Å². The van der Waals surface area contributed by atoms with Crippen molar-refractivity contribution in [1.82, 2.24) is 44.9 Å². The minimum Gasteiger partial charge on any atom is -0.507 e. The molecule has 1 fully saturated rings. The molecule has 0 spiro atoms. The summed E-state index contributed by atoms with van der Waals surface area (Å²) in [4.78, 5) is 43.7. The summed E-state index contributed by atoms with van der Waals surface area (Å²) in [7, 11) is 0. The molecule has 0 radical (unpaired) electrons. The number of phenolic OH excluding ortho intramolecular Hbond substituents is 3. The molecule has 110 heavy (non-hydrogen) atoms. The quantitative estimate of drug-likeness (QED) is 0.0455. The second kappa shape index (κ2) is 33.3. The van der Waals surface area contributed by atoms with Gasteiger partial charge >= 0.3 is 0 Å². The van der Waals surface area contributed by atoms with Crippen LogP contribution in [0.4, 0.5) is 0 Å². The molecule has 1 aliphatic rings. The summed E-state index contributed by atoms with van der Waals surface area (Å²) in [5.74, 6) is 6.77. The van der Waals surface area contributed by atoms with Gasteiger partial charge in [-0.2, -0.15) is 0 Å². The Hall–Kier alpha value is -11.3. The molecule has 13 nitrogen and oxygen atoms in total. The third-order valence-corrected chi connectivity index (χ3v) is 23.9. The zero-order valence-electron chi connectivity index (χ0n) is 61.9. The molecule has 0 bridgehead atoms. The predicted octanol–water partition coefficient (Wildman–Crippen LogP) is 25.0. The Balaban J connectivity index is 0.000000129. The molecule has 1 unspecified atom stereocenters. The fourth-order valence-corrected chi connectivity index (χ4v) is 17.5. The number of nitrogens with zero attached hydrogens (tertiary/aromatic N) is 9. The normalized spacial score (nSPS) is 12.7. The lowest BCUT2D eigenvalue weighted by Gasteiger charge is -2.16. The highest BCUT2D eigenvalue weighted by molar-refractivity contribution is 7.99. The van der Waals surface area contributed by atoms with E-state index in [0.29, 0.717) is 90.6 Å². The van der Waals surface area contributed by atoms with Gasteiger partial charge in [0.2, 0.25) is 0 Å². The largest absolute Gasteiger partial charge is 0.507 e. The van der Waals surface area contributed by atoms with Crippen molar-refractivity contribution < 1.29 is 20.1 Å². The number of benzene rings is 14. The number of unbranched alkanes of at least 4 members (excludes halogenated alkanes) is 1. The molecule has 3 N–H and O–H groups in total. The Morgan fingerprint density at radius 1 is 0.345 bits per heavy atom. The van der Waals surface area contributed by atoms with Crippen LogP contribution in [-0.2, 0) is 0 Å². The molecule has 18 rings (SSSR count). The maximum atomic E-state index is 11.3. The number of hydrogen-bond acceptors (Lipinski definition) is 16. The van der Waals surface area contributed by atoms with E-state index >= 15 is 0 Å². The lowest BCUT2D eigenvalue weighted by Crippen LogP contribution is -2.11. The Labute approximate surface area is 652 Å². The van der Waals surface area contributed by atoms with E-state index in [0.717, 1.165) is 75.4 Å². The van der Waals surface area contributed by atoms with Crippen LogP contribution in [0, 0.1) is 5.92 Å². The van der Waals surface area contributed by atoms with Crippen molar-refractivity contribution >= 4 is 121 Å².